The van der Waals surface area contributed by atoms with Gasteiger partial charge >= 0.3 is 0 Å². The van der Waals surface area contributed by atoms with Gasteiger partial charge in [0.15, 0.2) is 11.5 Å². The average Bonchev–Trinajstić information content (AvgIpc) is 3.08. The zero-order valence-electron chi connectivity index (χ0n) is 13.1. The SMILES string of the molecule is CCOc1cc([C@H](c2cccs2)N2CCNCC2)cc(Br)c1O. The summed E-state index contributed by atoms with van der Waals surface area (Å²) in [6.45, 7) is 6.46. The number of phenols is 1. The van der Waals surface area contributed by atoms with E-state index >= 15 is 0 Å². The van der Waals surface area contributed by atoms with Gasteiger partial charge in [-0.1, -0.05) is 6.07 Å². The fourth-order valence-corrected chi connectivity index (χ4v) is 4.30. The summed E-state index contributed by atoms with van der Waals surface area (Å²) in [6.07, 6.45) is 0. The molecule has 1 aliphatic heterocycles. The van der Waals surface area contributed by atoms with E-state index in [1.807, 2.05) is 19.1 Å². The predicted molar refractivity (Wildman–Crippen MR) is 97.6 cm³/mol. The zero-order chi connectivity index (χ0) is 16.2. The number of rotatable bonds is 5. The fourth-order valence-electron chi connectivity index (χ4n) is 2.96. The van der Waals surface area contributed by atoms with Crippen molar-refractivity contribution in [1.82, 2.24) is 10.2 Å². The lowest BCUT2D eigenvalue weighted by Gasteiger charge is -2.35. The molecule has 23 heavy (non-hydrogen) atoms. The quantitative estimate of drug-likeness (QED) is 0.809. The molecule has 1 fully saturated rings. The van der Waals surface area contributed by atoms with E-state index in [2.05, 4.69) is 43.7 Å². The first-order chi connectivity index (χ1) is 11.2. The molecule has 1 saturated heterocycles. The molecule has 2 N–H and O–H groups in total. The second-order valence-electron chi connectivity index (χ2n) is 5.49. The molecular weight excluding hydrogens is 376 g/mol. The Balaban J connectivity index is 2.02. The Bertz CT molecular complexity index is 642. The van der Waals surface area contributed by atoms with Crippen LogP contribution in [-0.2, 0) is 0 Å². The molecule has 1 aromatic heterocycles. The van der Waals surface area contributed by atoms with Gasteiger partial charge in [0.2, 0.25) is 0 Å². The van der Waals surface area contributed by atoms with E-state index < -0.39 is 0 Å². The van der Waals surface area contributed by atoms with Crippen molar-refractivity contribution in [3.8, 4) is 11.5 Å². The number of hydrogen-bond donors (Lipinski definition) is 2. The van der Waals surface area contributed by atoms with E-state index in [0.29, 0.717) is 16.8 Å². The first-order valence-corrected chi connectivity index (χ1v) is 9.51. The van der Waals surface area contributed by atoms with Crippen molar-refractivity contribution < 1.29 is 9.84 Å². The molecule has 4 nitrogen and oxygen atoms in total. The molecule has 6 heteroatoms. The third-order valence-electron chi connectivity index (χ3n) is 4.00. The Kier molecular flexibility index (Phi) is 5.58. The molecule has 0 radical (unpaired) electrons. The van der Waals surface area contributed by atoms with Gasteiger partial charge in [0, 0.05) is 31.1 Å². The summed E-state index contributed by atoms with van der Waals surface area (Å²) < 4.78 is 6.28. The van der Waals surface area contributed by atoms with Crippen molar-refractivity contribution in [3.63, 3.8) is 0 Å². The van der Waals surface area contributed by atoms with Crippen LogP contribution < -0.4 is 10.1 Å². The van der Waals surface area contributed by atoms with Crippen LogP contribution >= 0.6 is 27.3 Å². The number of benzene rings is 1. The summed E-state index contributed by atoms with van der Waals surface area (Å²) in [6, 6.07) is 8.43. The summed E-state index contributed by atoms with van der Waals surface area (Å²) in [5.41, 5.74) is 1.14. The van der Waals surface area contributed by atoms with Crippen LogP contribution in [0.3, 0.4) is 0 Å². The normalized spacial score (nSPS) is 17.1. The number of hydrogen-bond acceptors (Lipinski definition) is 5. The average molecular weight is 397 g/mol. The third-order valence-corrected chi connectivity index (χ3v) is 5.52. The van der Waals surface area contributed by atoms with Crippen LogP contribution in [0.4, 0.5) is 0 Å². The van der Waals surface area contributed by atoms with Gasteiger partial charge in [0.25, 0.3) is 0 Å². The van der Waals surface area contributed by atoms with Gasteiger partial charge in [-0.25, -0.2) is 0 Å². The lowest BCUT2D eigenvalue weighted by molar-refractivity contribution is 0.200. The monoisotopic (exact) mass is 396 g/mol. The number of nitrogens with zero attached hydrogens (tertiary/aromatic N) is 1. The molecule has 0 amide bonds. The molecule has 2 heterocycles. The number of aromatic hydroxyl groups is 1. The van der Waals surface area contributed by atoms with Crippen LogP contribution in [-0.4, -0.2) is 42.8 Å². The van der Waals surface area contributed by atoms with E-state index in [4.69, 9.17) is 4.74 Å². The number of piperazine rings is 1. The summed E-state index contributed by atoms with van der Waals surface area (Å²) in [5.74, 6) is 0.703. The third kappa shape index (κ3) is 3.71. The molecule has 0 unspecified atom stereocenters. The number of nitrogens with one attached hydrogen (secondary N) is 1. The van der Waals surface area contributed by atoms with Crippen LogP contribution in [0.5, 0.6) is 11.5 Å². The smallest absolute Gasteiger partial charge is 0.172 e. The lowest BCUT2D eigenvalue weighted by Crippen LogP contribution is -2.45. The molecule has 0 spiro atoms. The maximum atomic E-state index is 10.2. The topological polar surface area (TPSA) is 44.7 Å². The minimum atomic E-state index is 0.167. The molecule has 1 aliphatic rings. The maximum absolute atomic E-state index is 10.2. The first kappa shape index (κ1) is 16.8. The molecule has 3 rings (SSSR count). The Hall–Kier alpha value is -1.08. The predicted octanol–water partition coefficient (Wildman–Crippen LogP) is 3.61. The maximum Gasteiger partial charge on any atom is 0.172 e. The van der Waals surface area contributed by atoms with Crippen LogP contribution in [0.1, 0.15) is 23.4 Å². The van der Waals surface area contributed by atoms with Crippen LogP contribution in [0.2, 0.25) is 0 Å². The Morgan fingerprint density at radius 2 is 2.17 bits per heavy atom. The van der Waals surface area contributed by atoms with Gasteiger partial charge in [0.1, 0.15) is 0 Å². The zero-order valence-corrected chi connectivity index (χ0v) is 15.5. The molecule has 0 saturated carbocycles. The number of thiophene rings is 1. The Morgan fingerprint density at radius 3 is 2.83 bits per heavy atom. The highest BCUT2D eigenvalue weighted by atomic mass is 79.9. The van der Waals surface area contributed by atoms with Gasteiger partial charge < -0.3 is 15.2 Å². The van der Waals surface area contributed by atoms with Gasteiger partial charge in [-0.05, 0) is 52.0 Å². The summed E-state index contributed by atoms with van der Waals surface area (Å²) in [7, 11) is 0. The number of halogens is 1. The van der Waals surface area contributed by atoms with Gasteiger partial charge in [0.05, 0.1) is 17.1 Å². The molecule has 0 bridgehead atoms. The molecule has 124 valence electrons. The second kappa shape index (κ2) is 7.66. The summed E-state index contributed by atoms with van der Waals surface area (Å²) in [4.78, 5) is 3.79. The molecule has 2 aromatic rings. The standard InChI is InChI=1S/C17H21BrN2O2S/c1-2-22-14-11-12(10-13(18)17(14)21)16(15-4-3-9-23-15)20-7-5-19-6-8-20/h3-4,9-11,16,19,21H,2,5-8H2,1H3/t16-/m1/s1. The molecular formula is C17H21BrN2O2S. The highest BCUT2D eigenvalue weighted by molar-refractivity contribution is 9.10. The van der Waals surface area contributed by atoms with Crippen molar-refractivity contribution in [3.05, 3.63) is 44.6 Å². The van der Waals surface area contributed by atoms with Crippen molar-refractivity contribution in [2.75, 3.05) is 32.8 Å². The van der Waals surface area contributed by atoms with E-state index in [9.17, 15) is 5.11 Å². The van der Waals surface area contributed by atoms with Crippen molar-refractivity contribution >= 4 is 27.3 Å². The van der Waals surface area contributed by atoms with Crippen molar-refractivity contribution in [2.45, 2.75) is 13.0 Å². The minimum Gasteiger partial charge on any atom is -0.503 e. The van der Waals surface area contributed by atoms with E-state index in [1.54, 1.807) is 11.3 Å². The van der Waals surface area contributed by atoms with Crippen LogP contribution in [0, 0.1) is 0 Å². The molecule has 0 aliphatic carbocycles. The number of phenolic OH excluding ortho intramolecular Hbond substituents is 1. The summed E-state index contributed by atoms with van der Waals surface area (Å²) >= 11 is 5.23. The minimum absolute atomic E-state index is 0.167. The van der Waals surface area contributed by atoms with Crippen molar-refractivity contribution in [1.29, 1.82) is 0 Å². The Labute approximate surface area is 149 Å². The van der Waals surface area contributed by atoms with Crippen molar-refractivity contribution in [2.24, 2.45) is 0 Å². The number of ether oxygens (including phenoxy) is 1. The highest BCUT2D eigenvalue weighted by Crippen LogP contribution is 2.41. The fraction of sp³-hybridized carbons (Fsp3) is 0.412. The van der Waals surface area contributed by atoms with E-state index in [-0.39, 0.29) is 11.8 Å². The summed E-state index contributed by atoms with van der Waals surface area (Å²) in [5, 5.41) is 15.7. The van der Waals surface area contributed by atoms with E-state index in [1.165, 1.54) is 4.88 Å². The first-order valence-electron chi connectivity index (χ1n) is 7.84. The second-order valence-corrected chi connectivity index (χ2v) is 7.32. The highest BCUT2D eigenvalue weighted by Gasteiger charge is 2.26. The van der Waals surface area contributed by atoms with Gasteiger partial charge in [-0.2, -0.15) is 0 Å². The van der Waals surface area contributed by atoms with Gasteiger partial charge in [-0.3, -0.25) is 4.90 Å². The molecule has 1 aromatic carbocycles. The van der Waals surface area contributed by atoms with E-state index in [0.717, 1.165) is 31.7 Å². The van der Waals surface area contributed by atoms with Gasteiger partial charge in [-0.15, -0.1) is 11.3 Å². The molecule has 1 atom stereocenters. The Morgan fingerprint density at radius 1 is 1.39 bits per heavy atom. The van der Waals surface area contributed by atoms with Crippen LogP contribution in [0.15, 0.2) is 34.1 Å². The lowest BCUT2D eigenvalue weighted by atomic mass is 10.0. The largest absolute Gasteiger partial charge is 0.503 e. The van der Waals surface area contributed by atoms with Crippen LogP contribution in [0.25, 0.3) is 0 Å².